The second-order valence-electron chi connectivity index (χ2n) is 5.23. The molecule has 9 heteroatoms. The lowest BCUT2D eigenvalue weighted by Gasteiger charge is -2.08. The molecule has 0 bridgehead atoms. The number of aromatic hydroxyl groups is 1. The van der Waals surface area contributed by atoms with E-state index in [1.807, 2.05) is 12.1 Å². The van der Waals surface area contributed by atoms with Gasteiger partial charge in [-0.15, -0.1) is 11.3 Å². The molecular formula is C17H13ClN4O3S. The molecule has 2 aromatic heterocycles. The highest BCUT2D eigenvalue weighted by Crippen LogP contribution is 2.23. The summed E-state index contributed by atoms with van der Waals surface area (Å²) in [6.45, 7) is 0. The fourth-order valence-corrected chi connectivity index (χ4v) is 3.09. The van der Waals surface area contributed by atoms with Crippen LogP contribution in [0.5, 0.6) is 5.75 Å². The highest BCUT2D eigenvalue weighted by molar-refractivity contribution is 7.13. The van der Waals surface area contributed by atoms with E-state index in [9.17, 15) is 14.7 Å². The molecule has 0 aliphatic carbocycles. The third kappa shape index (κ3) is 4.35. The summed E-state index contributed by atoms with van der Waals surface area (Å²) < 4.78 is 0. The van der Waals surface area contributed by atoms with Gasteiger partial charge >= 0.3 is 0 Å². The third-order valence-corrected chi connectivity index (χ3v) is 4.50. The first-order chi connectivity index (χ1) is 12.5. The Morgan fingerprint density at radius 1 is 1.23 bits per heavy atom. The van der Waals surface area contributed by atoms with Gasteiger partial charge in [0.1, 0.15) is 10.8 Å². The zero-order valence-electron chi connectivity index (χ0n) is 13.3. The number of nitrogens with one attached hydrogen (secondary N) is 2. The number of hydrogen-bond donors (Lipinski definition) is 3. The molecule has 3 aromatic rings. The van der Waals surface area contributed by atoms with Crippen LogP contribution in [0.15, 0.2) is 48.1 Å². The van der Waals surface area contributed by atoms with Gasteiger partial charge < -0.3 is 5.11 Å². The smallest absolute Gasteiger partial charge is 0.273 e. The molecule has 0 spiro atoms. The molecule has 0 aliphatic rings. The quantitative estimate of drug-likeness (QED) is 0.596. The number of hydrogen-bond acceptors (Lipinski definition) is 6. The van der Waals surface area contributed by atoms with Crippen LogP contribution < -0.4 is 10.9 Å². The number of pyridine rings is 1. The Morgan fingerprint density at radius 2 is 2.08 bits per heavy atom. The number of rotatable bonds is 4. The van der Waals surface area contributed by atoms with Crippen molar-refractivity contribution in [2.24, 2.45) is 0 Å². The monoisotopic (exact) mass is 388 g/mol. The molecule has 26 heavy (non-hydrogen) atoms. The number of halogens is 1. The van der Waals surface area contributed by atoms with Gasteiger partial charge in [-0.25, -0.2) is 4.98 Å². The van der Waals surface area contributed by atoms with Gasteiger partial charge in [0.15, 0.2) is 0 Å². The van der Waals surface area contributed by atoms with E-state index >= 15 is 0 Å². The van der Waals surface area contributed by atoms with E-state index in [1.165, 1.54) is 29.5 Å². The summed E-state index contributed by atoms with van der Waals surface area (Å²) in [5.41, 5.74) is 5.93. The maximum absolute atomic E-state index is 12.0. The average molecular weight is 389 g/mol. The van der Waals surface area contributed by atoms with Gasteiger partial charge in [0.05, 0.1) is 17.7 Å². The predicted molar refractivity (Wildman–Crippen MR) is 97.8 cm³/mol. The number of phenols is 1. The Labute approximate surface area is 157 Å². The highest BCUT2D eigenvalue weighted by atomic mass is 35.5. The largest absolute Gasteiger partial charge is 0.507 e. The molecule has 0 saturated carbocycles. The van der Waals surface area contributed by atoms with Crippen LogP contribution in [0.2, 0.25) is 5.02 Å². The minimum Gasteiger partial charge on any atom is -0.507 e. The number of benzene rings is 1. The molecule has 132 valence electrons. The number of phenolic OH excluding ortho intramolecular Hbond substituents is 1. The summed E-state index contributed by atoms with van der Waals surface area (Å²) in [4.78, 5) is 32.4. The maximum atomic E-state index is 12.0. The molecule has 0 radical (unpaired) electrons. The first kappa shape index (κ1) is 17.8. The fourth-order valence-electron chi connectivity index (χ4n) is 2.10. The molecule has 0 atom stereocenters. The van der Waals surface area contributed by atoms with Crippen molar-refractivity contribution >= 4 is 34.8 Å². The van der Waals surface area contributed by atoms with Gasteiger partial charge in [-0.3, -0.25) is 25.4 Å². The molecular weight excluding hydrogens is 376 g/mol. The first-order valence-corrected chi connectivity index (χ1v) is 8.71. The predicted octanol–water partition coefficient (Wildman–Crippen LogP) is 2.57. The normalized spacial score (nSPS) is 10.3. The molecule has 1 aromatic carbocycles. The SMILES string of the molecule is O=C(Cc1csc(-c2cccnc2)n1)NNC(=O)c1cc(Cl)ccc1O. The van der Waals surface area contributed by atoms with Crippen LogP contribution >= 0.6 is 22.9 Å². The van der Waals surface area contributed by atoms with Gasteiger partial charge in [-0.2, -0.15) is 0 Å². The van der Waals surface area contributed by atoms with Gasteiger partial charge in [-0.1, -0.05) is 11.6 Å². The number of thiazole rings is 1. The van der Waals surface area contributed by atoms with E-state index in [0.29, 0.717) is 10.7 Å². The van der Waals surface area contributed by atoms with Crippen molar-refractivity contribution in [3.63, 3.8) is 0 Å². The first-order valence-electron chi connectivity index (χ1n) is 7.45. The van der Waals surface area contributed by atoms with Gasteiger partial charge in [0.25, 0.3) is 5.91 Å². The van der Waals surface area contributed by atoms with E-state index < -0.39 is 11.8 Å². The summed E-state index contributed by atoms with van der Waals surface area (Å²) in [6, 6.07) is 7.75. The van der Waals surface area contributed by atoms with Crippen LogP contribution in [0.1, 0.15) is 16.1 Å². The van der Waals surface area contributed by atoms with E-state index in [4.69, 9.17) is 11.6 Å². The molecule has 3 N–H and O–H groups in total. The van der Waals surface area contributed by atoms with Crippen LogP contribution in [-0.2, 0) is 11.2 Å². The second kappa shape index (κ2) is 7.94. The van der Waals surface area contributed by atoms with Crippen LogP contribution in [0.3, 0.4) is 0 Å². The van der Waals surface area contributed by atoms with E-state index in [1.54, 1.807) is 17.8 Å². The zero-order chi connectivity index (χ0) is 18.5. The Morgan fingerprint density at radius 3 is 2.85 bits per heavy atom. The average Bonchev–Trinajstić information content (AvgIpc) is 3.11. The number of aromatic nitrogens is 2. The summed E-state index contributed by atoms with van der Waals surface area (Å²) in [7, 11) is 0. The number of nitrogens with zero attached hydrogens (tertiary/aromatic N) is 2. The topological polar surface area (TPSA) is 104 Å². The molecule has 2 heterocycles. The number of amides is 2. The third-order valence-electron chi connectivity index (χ3n) is 3.32. The standard InChI is InChI=1S/C17H13ClN4O3S/c18-11-3-4-14(23)13(6-11)16(25)22-21-15(24)7-12-9-26-17(20-12)10-2-1-5-19-8-10/h1-6,8-9,23H,7H2,(H,21,24)(H,22,25). The van der Waals surface area contributed by atoms with E-state index in [2.05, 4.69) is 20.8 Å². The number of hydrazine groups is 1. The lowest BCUT2D eigenvalue weighted by molar-refractivity contribution is -0.121. The molecule has 0 fully saturated rings. The van der Waals surface area contributed by atoms with Gasteiger partial charge in [0, 0.05) is 28.4 Å². The summed E-state index contributed by atoms with van der Waals surface area (Å²) >= 11 is 7.20. The highest BCUT2D eigenvalue weighted by Gasteiger charge is 2.14. The van der Waals surface area contributed by atoms with Gasteiger partial charge in [0.2, 0.25) is 5.91 Å². The van der Waals surface area contributed by atoms with Crippen LogP contribution in [-0.4, -0.2) is 26.9 Å². The second-order valence-corrected chi connectivity index (χ2v) is 6.52. The molecule has 0 aliphatic heterocycles. The Balaban J connectivity index is 1.57. The van der Waals surface area contributed by atoms with Crippen molar-refractivity contribution in [2.45, 2.75) is 6.42 Å². The molecule has 7 nitrogen and oxygen atoms in total. The fraction of sp³-hybridized carbons (Fsp3) is 0.0588. The lowest BCUT2D eigenvalue weighted by Crippen LogP contribution is -2.42. The molecule has 2 amide bonds. The summed E-state index contributed by atoms with van der Waals surface area (Å²) in [6.07, 6.45) is 3.37. The minimum atomic E-state index is -0.673. The van der Waals surface area contributed by atoms with Crippen molar-refractivity contribution in [3.05, 3.63) is 64.4 Å². The number of carbonyl (C=O) groups is 2. The lowest BCUT2D eigenvalue weighted by atomic mass is 10.2. The molecule has 0 saturated heterocycles. The minimum absolute atomic E-state index is 0.00142. The Kier molecular flexibility index (Phi) is 5.45. The van der Waals surface area contributed by atoms with Crippen molar-refractivity contribution < 1.29 is 14.7 Å². The molecule has 3 rings (SSSR count). The van der Waals surface area contributed by atoms with Crippen LogP contribution in [0.4, 0.5) is 0 Å². The van der Waals surface area contributed by atoms with Gasteiger partial charge in [-0.05, 0) is 30.3 Å². The van der Waals surface area contributed by atoms with Crippen molar-refractivity contribution in [2.75, 3.05) is 0 Å². The summed E-state index contributed by atoms with van der Waals surface area (Å²) in [5.74, 6) is -1.35. The number of carbonyl (C=O) groups excluding carboxylic acids is 2. The van der Waals surface area contributed by atoms with Crippen molar-refractivity contribution in [3.8, 4) is 16.3 Å². The van der Waals surface area contributed by atoms with Crippen molar-refractivity contribution in [1.29, 1.82) is 0 Å². The van der Waals surface area contributed by atoms with Crippen molar-refractivity contribution in [1.82, 2.24) is 20.8 Å². The maximum Gasteiger partial charge on any atom is 0.273 e. The molecule has 0 unspecified atom stereocenters. The van der Waals surface area contributed by atoms with E-state index in [-0.39, 0.29) is 17.7 Å². The van der Waals surface area contributed by atoms with Crippen LogP contribution in [0, 0.1) is 0 Å². The zero-order valence-corrected chi connectivity index (χ0v) is 14.8. The van der Waals surface area contributed by atoms with E-state index in [0.717, 1.165) is 10.6 Å². The Hall–Kier alpha value is -2.97. The Bertz CT molecular complexity index is 946. The van der Waals surface area contributed by atoms with Crippen LogP contribution in [0.25, 0.3) is 10.6 Å². The summed E-state index contributed by atoms with van der Waals surface area (Å²) in [5, 5.41) is 12.5.